The predicted molar refractivity (Wildman–Crippen MR) is 82.0 cm³/mol. The highest BCUT2D eigenvalue weighted by Gasteiger charge is 2.34. The lowest BCUT2D eigenvalue weighted by Gasteiger charge is -2.30. The smallest absolute Gasteiger partial charge is 0.122 e. The van der Waals surface area contributed by atoms with Crippen LogP contribution >= 0.6 is 11.6 Å². The number of hydrogen-bond donors (Lipinski definition) is 0. The molecule has 0 aliphatic carbocycles. The first-order chi connectivity index (χ1) is 9.03. The molecule has 0 aliphatic heterocycles. The minimum absolute atomic E-state index is 0.358. The fraction of sp³-hybridized carbons (Fsp3) is 0.250. The topological polar surface area (TPSA) is 17.1 Å². The van der Waals surface area contributed by atoms with Gasteiger partial charge in [0.25, 0.3) is 0 Å². The van der Waals surface area contributed by atoms with E-state index >= 15 is 0 Å². The standard InChI is InChI=1S/C16H17ClOS/c1-16(2,13-9-5-3-6-10-13)15(17)19(18)14-11-7-4-8-12-14/h3-12,15H,1-2H3. The number of alkyl halides is 1. The molecule has 0 heterocycles. The SMILES string of the molecule is CC(C)(c1ccccc1)C(Cl)S(=O)c1ccccc1. The molecule has 0 fully saturated rings. The van der Waals surface area contributed by atoms with Crippen LogP contribution in [-0.2, 0) is 16.2 Å². The number of hydrogen-bond acceptors (Lipinski definition) is 1. The van der Waals surface area contributed by atoms with Crippen molar-refractivity contribution < 1.29 is 4.21 Å². The first-order valence-electron chi connectivity index (χ1n) is 6.18. The molecule has 0 aliphatic rings. The fourth-order valence-electron chi connectivity index (χ4n) is 1.94. The van der Waals surface area contributed by atoms with Crippen molar-refractivity contribution in [3.05, 3.63) is 66.2 Å². The molecule has 2 atom stereocenters. The first-order valence-corrected chi connectivity index (χ1v) is 7.83. The van der Waals surface area contributed by atoms with Crippen molar-refractivity contribution in [3.63, 3.8) is 0 Å². The molecule has 3 heteroatoms. The van der Waals surface area contributed by atoms with Crippen molar-refractivity contribution in [2.75, 3.05) is 0 Å². The molecular weight excluding hydrogens is 276 g/mol. The van der Waals surface area contributed by atoms with Gasteiger partial charge in [-0.25, -0.2) is 0 Å². The normalized spacial score (nSPS) is 14.9. The van der Waals surface area contributed by atoms with E-state index in [1.54, 1.807) is 0 Å². The Morgan fingerprint density at radius 1 is 0.947 bits per heavy atom. The van der Waals surface area contributed by atoms with E-state index in [0.717, 1.165) is 10.5 Å². The van der Waals surface area contributed by atoms with E-state index in [-0.39, 0.29) is 5.41 Å². The van der Waals surface area contributed by atoms with Crippen molar-refractivity contribution in [3.8, 4) is 0 Å². The lowest BCUT2D eigenvalue weighted by atomic mass is 9.87. The summed E-state index contributed by atoms with van der Waals surface area (Å²) >= 11 is 6.49. The van der Waals surface area contributed by atoms with Gasteiger partial charge >= 0.3 is 0 Å². The van der Waals surface area contributed by atoms with Crippen LogP contribution in [0.5, 0.6) is 0 Å². The van der Waals surface area contributed by atoms with Crippen LogP contribution in [0.15, 0.2) is 65.6 Å². The Labute approximate surface area is 122 Å². The summed E-state index contributed by atoms with van der Waals surface area (Å²) in [6.07, 6.45) is 0. The summed E-state index contributed by atoms with van der Waals surface area (Å²) in [7, 11) is -1.23. The van der Waals surface area contributed by atoms with Crippen LogP contribution < -0.4 is 0 Å². The lowest BCUT2D eigenvalue weighted by Crippen LogP contribution is -2.32. The minimum Gasteiger partial charge on any atom is -0.253 e. The van der Waals surface area contributed by atoms with Gasteiger partial charge in [0.1, 0.15) is 4.71 Å². The summed E-state index contributed by atoms with van der Waals surface area (Å²) in [5, 5.41) is 0. The summed E-state index contributed by atoms with van der Waals surface area (Å²) in [5.41, 5.74) is 0.739. The van der Waals surface area contributed by atoms with Crippen LogP contribution in [0.1, 0.15) is 19.4 Å². The molecule has 2 unspecified atom stereocenters. The summed E-state index contributed by atoms with van der Waals surface area (Å²) in [6.45, 7) is 4.06. The molecule has 0 radical (unpaired) electrons. The Bertz CT molecular complexity index is 551. The van der Waals surface area contributed by atoms with Crippen LogP contribution in [0.4, 0.5) is 0 Å². The molecule has 0 N–H and O–H groups in total. The third-order valence-corrected chi connectivity index (χ3v) is 5.98. The maximum Gasteiger partial charge on any atom is 0.122 e. The lowest BCUT2D eigenvalue weighted by molar-refractivity contribution is 0.558. The average Bonchev–Trinajstić information content (AvgIpc) is 2.47. The molecule has 0 aromatic heterocycles. The van der Waals surface area contributed by atoms with E-state index in [9.17, 15) is 4.21 Å². The zero-order chi connectivity index (χ0) is 13.9. The molecule has 2 rings (SSSR count). The second-order valence-corrected chi connectivity index (χ2v) is 7.25. The Morgan fingerprint density at radius 3 is 1.95 bits per heavy atom. The molecule has 0 spiro atoms. The van der Waals surface area contributed by atoms with Crippen molar-refractivity contribution in [2.24, 2.45) is 0 Å². The van der Waals surface area contributed by atoms with Gasteiger partial charge in [0.15, 0.2) is 0 Å². The van der Waals surface area contributed by atoms with Gasteiger partial charge in [0.05, 0.1) is 10.8 Å². The van der Waals surface area contributed by atoms with Crippen molar-refractivity contribution in [1.29, 1.82) is 0 Å². The fourth-order valence-corrected chi connectivity index (χ4v) is 3.71. The zero-order valence-corrected chi connectivity index (χ0v) is 12.6. The van der Waals surface area contributed by atoms with E-state index in [1.807, 2.05) is 74.5 Å². The zero-order valence-electron chi connectivity index (χ0n) is 11.0. The van der Waals surface area contributed by atoms with Gasteiger partial charge in [-0.05, 0) is 17.7 Å². The molecule has 1 nitrogen and oxygen atoms in total. The molecule has 100 valence electrons. The van der Waals surface area contributed by atoms with E-state index in [4.69, 9.17) is 11.6 Å². The molecule has 0 amide bonds. The van der Waals surface area contributed by atoms with Gasteiger partial charge < -0.3 is 0 Å². The Kier molecular flexibility index (Phi) is 4.43. The highest BCUT2D eigenvalue weighted by atomic mass is 35.5. The van der Waals surface area contributed by atoms with Crippen molar-refractivity contribution in [1.82, 2.24) is 0 Å². The van der Waals surface area contributed by atoms with Gasteiger partial charge in [0.2, 0.25) is 0 Å². The summed E-state index contributed by atoms with van der Waals surface area (Å²) < 4.78 is 12.1. The number of benzene rings is 2. The van der Waals surface area contributed by atoms with Crippen molar-refractivity contribution >= 4 is 22.4 Å². The van der Waals surface area contributed by atoms with Crippen LogP contribution in [0, 0.1) is 0 Å². The average molecular weight is 293 g/mol. The Morgan fingerprint density at radius 2 is 1.42 bits per heavy atom. The third kappa shape index (κ3) is 3.07. The van der Waals surface area contributed by atoms with Crippen LogP contribution in [0.25, 0.3) is 0 Å². The second kappa shape index (κ2) is 5.89. The number of halogens is 1. The Balaban J connectivity index is 2.29. The molecule has 2 aromatic rings. The summed E-state index contributed by atoms with van der Waals surface area (Å²) in [5.74, 6) is 0. The molecule has 0 bridgehead atoms. The minimum atomic E-state index is -1.23. The van der Waals surface area contributed by atoms with Crippen molar-refractivity contribution in [2.45, 2.75) is 28.9 Å². The van der Waals surface area contributed by atoms with E-state index in [1.165, 1.54) is 0 Å². The highest BCUT2D eigenvalue weighted by molar-refractivity contribution is 7.87. The Hall–Kier alpha value is -1.12. The van der Waals surface area contributed by atoms with Crippen LogP contribution in [0.3, 0.4) is 0 Å². The molecule has 2 aromatic carbocycles. The van der Waals surface area contributed by atoms with E-state index in [2.05, 4.69) is 0 Å². The predicted octanol–water partition coefficient (Wildman–Crippen LogP) is 4.34. The van der Waals surface area contributed by atoms with E-state index < -0.39 is 15.5 Å². The molecular formula is C16H17ClOS. The molecule has 0 saturated heterocycles. The van der Waals surface area contributed by atoms with Gasteiger partial charge in [-0.15, -0.1) is 11.6 Å². The largest absolute Gasteiger partial charge is 0.253 e. The van der Waals surface area contributed by atoms with Gasteiger partial charge in [-0.3, -0.25) is 4.21 Å². The summed E-state index contributed by atoms with van der Waals surface area (Å²) in [6, 6.07) is 19.4. The first kappa shape index (κ1) is 14.3. The molecule has 19 heavy (non-hydrogen) atoms. The van der Waals surface area contributed by atoms with Gasteiger partial charge in [-0.1, -0.05) is 62.4 Å². The van der Waals surface area contributed by atoms with E-state index in [0.29, 0.717) is 0 Å². The monoisotopic (exact) mass is 292 g/mol. The quantitative estimate of drug-likeness (QED) is 0.766. The highest BCUT2D eigenvalue weighted by Crippen LogP contribution is 2.34. The second-order valence-electron chi connectivity index (χ2n) is 5.01. The van der Waals surface area contributed by atoms with Crippen LogP contribution in [0.2, 0.25) is 0 Å². The maximum absolute atomic E-state index is 12.5. The summed E-state index contributed by atoms with van der Waals surface area (Å²) in [4.78, 5) is 0.770. The molecule has 0 saturated carbocycles. The third-order valence-electron chi connectivity index (χ3n) is 3.25. The van der Waals surface area contributed by atoms with Crippen LogP contribution in [-0.4, -0.2) is 8.92 Å². The van der Waals surface area contributed by atoms with Gasteiger partial charge in [-0.2, -0.15) is 0 Å². The maximum atomic E-state index is 12.5. The number of rotatable bonds is 4. The van der Waals surface area contributed by atoms with Gasteiger partial charge in [0, 0.05) is 10.3 Å².